The number of rotatable bonds is 4. The molecule has 0 aromatic heterocycles. The van der Waals surface area contributed by atoms with E-state index in [4.69, 9.17) is 0 Å². The third-order valence-corrected chi connectivity index (χ3v) is 1.67. The van der Waals surface area contributed by atoms with E-state index >= 15 is 0 Å². The van der Waals surface area contributed by atoms with Gasteiger partial charge in [-0.2, -0.15) is 0 Å². The summed E-state index contributed by atoms with van der Waals surface area (Å²) in [5.74, 6) is 0. The molecule has 0 bridgehead atoms. The van der Waals surface area contributed by atoms with E-state index in [9.17, 15) is 5.11 Å². The van der Waals surface area contributed by atoms with Gasteiger partial charge in [0.2, 0.25) is 0 Å². The summed E-state index contributed by atoms with van der Waals surface area (Å²) in [5.41, 5.74) is 1.05. The van der Waals surface area contributed by atoms with Crippen LogP contribution in [0.3, 0.4) is 0 Å². The van der Waals surface area contributed by atoms with Crippen molar-refractivity contribution in [2.45, 2.75) is 18.9 Å². The summed E-state index contributed by atoms with van der Waals surface area (Å²) < 4.78 is 0. The number of aliphatic hydroxyl groups is 1. The van der Waals surface area contributed by atoms with E-state index in [0.29, 0.717) is 12.8 Å². The fourth-order valence-corrected chi connectivity index (χ4v) is 1.09. The molecular weight excluding hydrogens is 148 g/mol. The van der Waals surface area contributed by atoms with Crippen LogP contribution in [0.1, 0.15) is 12.0 Å². The highest BCUT2D eigenvalue weighted by Crippen LogP contribution is 2.04. The van der Waals surface area contributed by atoms with Gasteiger partial charge in [0, 0.05) is 0 Å². The zero-order chi connectivity index (χ0) is 8.81. The second-order valence-corrected chi connectivity index (χ2v) is 2.77. The maximum Gasteiger partial charge on any atom is 0.0615 e. The van der Waals surface area contributed by atoms with Gasteiger partial charge >= 0.3 is 0 Å². The van der Waals surface area contributed by atoms with E-state index < -0.39 is 0 Å². The van der Waals surface area contributed by atoms with Gasteiger partial charge in [0.15, 0.2) is 0 Å². The van der Waals surface area contributed by atoms with Crippen molar-refractivity contribution in [2.75, 3.05) is 0 Å². The summed E-state index contributed by atoms with van der Waals surface area (Å²) in [6.07, 6.45) is 2.71. The molecule has 63 valence electrons. The van der Waals surface area contributed by atoms with Crippen LogP contribution in [0.4, 0.5) is 0 Å². The first-order valence-corrected chi connectivity index (χ1v) is 4.07. The van der Waals surface area contributed by atoms with Gasteiger partial charge in [0.05, 0.1) is 6.10 Å². The third-order valence-electron chi connectivity index (χ3n) is 1.67. The smallest absolute Gasteiger partial charge is 0.0615 e. The number of hydrogen-bond acceptors (Lipinski definition) is 1. The normalized spacial score (nSPS) is 12.4. The molecule has 12 heavy (non-hydrogen) atoms. The molecule has 1 atom stereocenters. The molecule has 0 fully saturated rings. The summed E-state index contributed by atoms with van der Waals surface area (Å²) in [6.45, 7) is 3.57. The molecule has 0 saturated carbocycles. The summed E-state index contributed by atoms with van der Waals surface area (Å²) in [4.78, 5) is 0. The summed E-state index contributed by atoms with van der Waals surface area (Å²) in [7, 11) is 0. The average molecular weight is 161 g/mol. The topological polar surface area (TPSA) is 20.2 Å². The molecule has 1 heteroatoms. The maximum absolute atomic E-state index is 9.41. The minimum absolute atomic E-state index is 0.318. The number of benzene rings is 1. The Morgan fingerprint density at radius 3 is 3.00 bits per heavy atom. The Balaban J connectivity index is 2.46. The zero-order valence-corrected chi connectivity index (χ0v) is 7.03. The molecule has 0 spiro atoms. The zero-order valence-electron chi connectivity index (χ0n) is 7.03. The van der Waals surface area contributed by atoms with Gasteiger partial charge in [-0.25, -0.2) is 0 Å². The van der Waals surface area contributed by atoms with Gasteiger partial charge in [-0.3, -0.25) is 0 Å². The Hall–Kier alpha value is -1.08. The highest BCUT2D eigenvalue weighted by Gasteiger charge is 2.01. The predicted molar refractivity (Wildman–Crippen MR) is 49.8 cm³/mol. The van der Waals surface area contributed by atoms with Gasteiger partial charge in [0.1, 0.15) is 0 Å². The highest BCUT2D eigenvalue weighted by molar-refractivity contribution is 5.13. The van der Waals surface area contributed by atoms with Gasteiger partial charge in [0.25, 0.3) is 0 Å². The molecule has 0 aliphatic heterocycles. The molecule has 1 N–H and O–H groups in total. The SMILES string of the molecule is C=CCC(O)Cc1[c]cccc1. The Labute approximate surface area is 73.4 Å². The summed E-state index contributed by atoms with van der Waals surface area (Å²) in [5, 5.41) is 9.41. The van der Waals surface area contributed by atoms with Crippen LogP contribution in [-0.2, 0) is 6.42 Å². The molecule has 1 rings (SSSR count). The van der Waals surface area contributed by atoms with Crippen molar-refractivity contribution in [1.82, 2.24) is 0 Å². The first-order valence-electron chi connectivity index (χ1n) is 4.07. The quantitative estimate of drug-likeness (QED) is 0.669. The Morgan fingerprint density at radius 1 is 1.58 bits per heavy atom. The van der Waals surface area contributed by atoms with Crippen molar-refractivity contribution in [1.29, 1.82) is 0 Å². The van der Waals surface area contributed by atoms with Crippen molar-refractivity contribution >= 4 is 0 Å². The van der Waals surface area contributed by atoms with Gasteiger partial charge in [-0.05, 0) is 24.5 Å². The lowest BCUT2D eigenvalue weighted by atomic mass is 10.1. The second kappa shape index (κ2) is 4.73. The third kappa shape index (κ3) is 2.89. The van der Waals surface area contributed by atoms with Gasteiger partial charge in [-0.15, -0.1) is 6.58 Å². The Morgan fingerprint density at radius 2 is 2.42 bits per heavy atom. The monoisotopic (exact) mass is 161 g/mol. The second-order valence-electron chi connectivity index (χ2n) is 2.77. The molecule has 1 aromatic carbocycles. The summed E-state index contributed by atoms with van der Waals surface area (Å²) >= 11 is 0. The van der Waals surface area contributed by atoms with E-state index in [1.165, 1.54) is 0 Å². The number of aliphatic hydroxyl groups excluding tert-OH is 1. The molecule has 0 aliphatic carbocycles. The maximum atomic E-state index is 9.41. The first-order chi connectivity index (χ1) is 5.83. The van der Waals surface area contributed by atoms with Crippen LogP contribution in [0, 0.1) is 6.07 Å². The van der Waals surface area contributed by atoms with E-state index in [0.717, 1.165) is 5.56 Å². The minimum Gasteiger partial charge on any atom is -0.392 e. The van der Waals surface area contributed by atoms with Crippen molar-refractivity contribution in [3.8, 4) is 0 Å². The standard InChI is InChI=1S/C11H13O/c1-2-6-11(12)9-10-7-4-3-5-8-10/h2-5,7,11-12H,1,6,9H2. The predicted octanol–water partition coefficient (Wildman–Crippen LogP) is 1.97. The van der Waals surface area contributed by atoms with Crippen LogP contribution < -0.4 is 0 Å². The van der Waals surface area contributed by atoms with Crippen molar-refractivity contribution < 1.29 is 5.11 Å². The molecule has 1 unspecified atom stereocenters. The van der Waals surface area contributed by atoms with E-state index in [2.05, 4.69) is 12.6 Å². The van der Waals surface area contributed by atoms with Crippen LogP contribution in [0.2, 0.25) is 0 Å². The van der Waals surface area contributed by atoms with E-state index in [1.807, 2.05) is 24.3 Å². The minimum atomic E-state index is -0.318. The Kier molecular flexibility index (Phi) is 3.55. The van der Waals surface area contributed by atoms with Crippen LogP contribution in [-0.4, -0.2) is 11.2 Å². The molecule has 0 saturated heterocycles. The molecule has 1 radical (unpaired) electrons. The van der Waals surface area contributed by atoms with Gasteiger partial charge < -0.3 is 5.11 Å². The molecular formula is C11H13O. The molecule has 1 aromatic rings. The number of hydrogen-bond donors (Lipinski definition) is 1. The van der Waals surface area contributed by atoms with E-state index in [1.54, 1.807) is 6.08 Å². The van der Waals surface area contributed by atoms with Crippen LogP contribution in [0.25, 0.3) is 0 Å². The van der Waals surface area contributed by atoms with Crippen molar-refractivity contribution in [3.63, 3.8) is 0 Å². The average Bonchev–Trinajstić information content (AvgIpc) is 2.06. The first kappa shape index (κ1) is 9.01. The fraction of sp³-hybridized carbons (Fsp3) is 0.273. The Bertz CT molecular complexity index is 228. The summed E-state index contributed by atoms with van der Waals surface area (Å²) in [6, 6.07) is 10.8. The molecule has 0 aliphatic rings. The van der Waals surface area contributed by atoms with Crippen LogP contribution >= 0.6 is 0 Å². The van der Waals surface area contributed by atoms with Crippen molar-refractivity contribution in [3.05, 3.63) is 48.6 Å². The lowest BCUT2D eigenvalue weighted by Crippen LogP contribution is -2.08. The fourth-order valence-electron chi connectivity index (χ4n) is 1.09. The van der Waals surface area contributed by atoms with Crippen molar-refractivity contribution in [2.24, 2.45) is 0 Å². The van der Waals surface area contributed by atoms with Crippen LogP contribution in [0.5, 0.6) is 0 Å². The van der Waals surface area contributed by atoms with Gasteiger partial charge in [-0.1, -0.05) is 30.3 Å². The lowest BCUT2D eigenvalue weighted by Gasteiger charge is -2.06. The largest absolute Gasteiger partial charge is 0.392 e. The lowest BCUT2D eigenvalue weighted by molar-refractivity contribution is 0.178. The molecule has 0 heterocycles. The molecule has 0 amide bonds. The molecule has 1 nitrogen and oxygen atoms in total. The highest BCUT2D eigenvalue weighted by atomic mass is 16.3. The van der Waals surface area contributed by atoms with E-state index in [-0.39, 0.29) is 6.10 Å². The van der Waals surface area contributed by atoms with Crippen LogP contribution in [0.15, 0.2) is 36.9 Å².